The van der Waals surface area contributed by atoms with Gasteiger partial charge in [-0.3, -0.25) is 0 Å². The Hall–Kier alpha value is -0.770. The molecule has 2 aliphatic rings. The van der Waals surface area contributed by atoms with Crippen molar-refractivity contribution in [3.8, 4) is 0 Å². The Kier molecular flexibility index (Phi) is 3.69. The highest BCUT2D eigenvalue weighted by atomic mass is 16.3. The topological polar surface area (TPSA) is 52.6 Å². The van der Waals surface area contributed by atoms with Crippen molar-refractivity contribution in [3.63, 3.8) is 0 Å². The summed E-state index contributed by atoms with van der Waals surface area (Å²) in [6.07, 6.45) is 6.82. The Morgan fingerprint density at radius 3 is 2.31 bits per heavy atom. The highest BCUT2D eigenvalue weighted by Gasteiger charge is 2.42. The van der Waals surface area contributed by atoms with Crippen molar-refractivity contribution in [1.29, 1.82) is 0 Å². The van der Waals surface area contributed by atoms with E-state index in [0.29, 0.717) is 6.54 Å². The number of nitrogens with zero attached hydrogens (tertiary/aromatic N) is 1. The van der Waals surface area contributed by atoms with Gasteiger partial charge in [0, 0.05) is 25.0 Å². The number of carbonyl (C=O) groups excluding carboxylic acids is 1. The van der Waals surface area contributed by atoms with Crippen LogP contribution in [0, 0.1) is 5.41 Å². The van der Waals surface area contributed by atoms with Crippen LogP contribution < -0.4 is 5.32 Å². The molecule has 16 heavy (non-hydrogen) atoms. The molecule has 0 unspecified atom stereocenters. The molecule has 1 aliphatic heterocycles. The van der Waals surface area contributed by atoms with E-state index in [1.54, 1.807) is 0 Å². The zero-order valence-corrected chi connectivity index (χ0v) is 9.87. The lowest BCUT2D eigenvalue weighted by molar-refractivity contribution is 0.183. The molecule has 1 saturated heterocycles. The molecule has 92 valence electrons. The molecule has 0 atom stereocenters. The van der Waals surface area contributed by atoms with Crippen LogP contribution in [0.15, 0.2) is 0 Å². The molecule has 4 nitrogen and oxygen atoms in total. The fraction of sp³-hybridized carbons (Fsp3) is 0.917. The van der Waals surface area contributed by atoms with Crippen molar-refractivity contribution in [1.82, 2.24) is 10.2 Å². The molecule has 0 aromatic rings. The summed E-state index contributed by atoms with van der Waals surface area (Å²) in [5.74, 6) is 0. The van der Waals surface area contributed by atoms with Gasteiger partial charge in [-0.1, -0.05) is 12.8 Å². The summed E-state index contributed by atoms with van der Waals surface area (Å²) in [6.45, 7) is 2.61. The average Bonchev–Trinajstić information content (AvgIpc) is 3.11. The highest BCUT2D eigenvalue weighted by Crippen LogP contribution is 2.44. The summed E-state index contributed by atoms with van der Waals surface area (Å²) in [7, 11) is 0. The number of nitrogens with one attached hydrogen (secondary N) is 1. The molecule has 0 bridgehead atoms. The van der Waals surface area contributed by atoms with Crippen LogP contribution in [0.4, 0.5) is 4.79 Å². The SMILES string of the molecule is O=C(NCC1(CO)CC1)N1CCCCCC1. The Morgan fingerprint density at radius 1 is 1.19 bits per heavy atom. The molecule has 0 radical (unpaired) electrons. The number of urea groups is 1. The van der Waals surface area contributed by atoms with Crippen LogP contribution in [-0.2, 0) is 0 Å². The van der Waals surface area contributed by atoms with Crippen LogP contribution in [0.25, 0.3) is 0 Å². The Bertz CT molecular complexity index is 243. The molecular weight excluding hydrogens is 204 g/mol. The Morgan fingerprint density at radius 2 is 1.81 bits per heavy atom. The average molecular weight is 226 g/mol. The monoisotopic (exact) mass is 226 g/mol. The summed E-state index contributed by atoms with van der Waals surface area (Å²) in [5.41, 5.74) is 0.0154. The smallest absolute Gasteiger partial charge is 0.317 e. The minimum Gasteiger partial charge on any atom is -0.396 e. The number of hydrogen-bond acceptors (Lipinski definition) is 2. The standard InChI is InChI=1S/C12H22N2O2/c15-10-12(5-6-12)9-13-11(16)14-7-3-1-2-4-8-14/h15H,1-10H2,(H,13,16). The van der Waals surface area contributed by atoms with Crippen LogP contribution in [0.3, 0.4) is 0 Å². The van der Waals surface area contributed by atoms with E-state index in [4.69, 9.17) is 5.11 Å². The summed E-state index contributed by atoms with van der Waals surface area (Å²) < 4.78 is 0. The lowest BCUT2D eigenvalue weighted by Crippen LogP contribution is -2.43. The van der Waals surface area contributed by atoms with Crippen LogP contribution in [0.5, 0.6) is 0 Å². The maximum absolute atomic E-state index is 11.9. The number of likely N-dealkylation sites (tertiary alicyclic amines) is 1. The van der Waals surface area contributed by atoms with Gasteiger partial charge in [-0.2, -0.15) is 0 Å². The van der Waals surface area contributed by atoms with E-state index >= 15 is 0 Å². The predicted molar refractivity (Wildman–Crippen MR) is 62.2 cm³/mol. The van der Waals surface area contributed by atoms with Gasteiger partial charge in [0.25, 0.3) is 0 Å². The molecule has 2 N–H and O–H groups in total. The molecule has 0 spiro atoms. The van der Waals surface area contributed by atoms with Gasteiger partial charge in [-0.25, -0.2) is 4.79 Å². The Balaban J connectivity index is 1.74. The van der Waals surface area contributed by atoms with Gasteiger partial charge in [0.15, 0.2) is 0 Å². The van der Waals surface area contributed by atoms with E-state index in [0.717, 1.165) is 38.8 Å². The van der Waals surface area contributed by atoms with E-state index in [9.17, 15) is 4.79 Å². The minimum atomic E-state index is 0.0154. The van der Waals surface area contributed by atoms with Crippen molar-refractivity contribution in [2.75, 3.05) is 26.2 Å². The fourth-order valence-corrected chi connectivity index (χ4v) is 2.22. The zero-order valence-electron chi connectivity index (χ0n) is 9.87. The van der Waals surface area contributed by atoms with Crippen LogP contribution in [-0.4, -0.2) is 42.3 Å². The molecular formula is C12H22N2O2. The summed E-state index contributed by atoms with van der Waals surface area (Å²) in [4.78, 5) is 13.8. The number of hydrogen-bond donors (Lipinski definition) is 2. The van der Waals surface area contributed by atoms with Gasteiger partial charge >= 0.3 is 6.03 Å². The number of amides is 2. The lowest BCUT2D eigenvalue weighted by atomic mass is 10.1. The third-order valence-electron chi connectivity index (χ3n) is 3.80. The van der Waals surface area contributed by atoms with Crippen molar-refractivity contribution in [2.45, 2.75) is 38.5 Å². The third kappa shape index (κ3) is 2.88. The summed E-state index contributed by atoms with van der Waals surface area (Å²) in [6, 6.07) is 0.0571. The molecule has 1 saturated carbocycles. The first-order valence-electron chi connectivity index (χ1n) is 6.39. The summed E-state index contributed by atoms with van der Waals surface area (Å²) >= 11 is 0. The normalized spacial score (nSPS) is 23.7. The molecule has 2 amide bonds. The largest absolute Gasteiger partial charge is 0.396 e. The number of rotatable bonds is 3. The third-order valence-corrected chi connectivity index (χ3v) is 3.80. The summed E-state index contributed by atoms with van der Waals surface area (Å²) in [5, 5.41) is 12.1. The first-order chi connectivity index (χ1) is 7.76. The van der Waals surface area contributed by atoms with Gasteiger partial charge in [-0.05, 0) is 25.7 Å². The van der Waals surface area contributed by atoms with E-state index in [1.165, 1.54) is 12.8 Å². The van der Waals surface area contributed by atoms with Crippen molar-refractivity contribution < 1.29 is 9.90 Å². The fourth-order valence-electron chi connectivity index (χ4n) is 2.22. The molecule has 0 aromatic heterocycles. The first-order valence-corrected chi connectivity index (χ1v) is 6.39. The van der Waals surface area contributed by atoms with Crippen LogP contribution >= 0.6 is 0 Å². The number of aliphatic hydroxyl groups excluding tert-OH is 1. The highest BCUT2D eigenvalue weighted by molar-refractivity contribution is 5.74. The molecule has 2 fully saturated rings. The molecule has 4 heteroatoms. The molecule has 1 aliphatic carbocycles. The number of carbonyl (C=O) groups is 1. The van der Waals surface area contributed by atoms with E-state index in [1.807, 2.05) is 4.90 Å². The second-order valence-corrected chi connectivity index (χ2v) is 5.22. The van der Waals surface area contributed by atoms with Crippen LogP contribution in [0.2, 0.25) is 0 Å². The van der Waals surface area contributed by atoms with Gasteiger partial charge < -0.3 is 15.3 Å². The van der Waals surface area contributed by atoms with E-state index in [-0.39, 0.29) is 18.1 Å². The van der Waals surface area contributed by atoms with Gasteiger partial charge in [0.1, 0.15) is 0 Å². The second-order valence-electron chi connectivity index (χ2n) is 5.22. The van der Waals surface area contributed by atoms with Crippen LogP contribution in [0.1, 0.15) is 38.5 Å². The minimum absolute atomic E-state index is 0.0154. The van der Waals surface area contributed by atoms with Gasteiger partial charge in [0.2, 0.25) is 0 Å². The van der Waals surface area contributed by atoms with Crippen molar-refractivity contribution in [3.05, 3.63) is 0 Å². The van der Waals surface area contributed by atoms with Gasteiger partial charge in [-0.15, -0.1) is 0 Å². The lowest BCUT2D eigenvalue weighted by Gasteiger charge is -2.22. The second kappa shape index (κ2) is 5.04. The van der Waals surface area contributed by atoms with E-state index < -0.39 is 0 Å². The van der Waals surface area contributed by atoms with Gasteiger partial charge in [0.05, 0.1) is 6.61 Å². The Labute approximate surface area is 97.0 Å². The molecule has 0 aromatic carbocycles. The van der Waals surface area contributed by atoms with Crippen molar-refractivity contribution in [2.24, 2.45) is 5.41 Å². The van der Waals surface area contributed by atoms with Crippen molar-refractivity contribution >= 4 is 6.03 Å². The zero-order chi connectivity index (χ0) is 11.4. The first kappa shape index (κ1) is 11.7. The maximum atomic E-state index is 11.9. The molecule has 1 heterocycles. The quantitative estimate of drug-likeness (QED) is 0.763. The number of aliphatic hydroxyl groups is 1. The molecule has 2 rings (SSSR count). The maximum Gasteiger partial charge on any atom is 0.317 e. The predicted octanol–water partition coefficient (Wildman–Crippen LogP) is 1.34. The van der Waals surface area contributed by atoms with E-state index in [2.05, 4.69) is 5.32 Å².